The highest BCUT2D eigenvalue weighted by Gasteiger charge is 2.32. The zero-order valence-corrected chi connectivity index (χ0v) is 19.9. The van der Waals surface area contributed by atoms with Crippen LogP contribution in [0.3, 0.4) is 0 Å². The van der Waals surface area contributed by atoms with E-state index in [2.05, 4.69) is 60.1 Å². The summed E-state index contributed by atoms with van der Waals surface area (Å²) in [4.78, 5) is 15.1. The van der Waals surface area contributed by atoms with Crippen molar-refractivity contribution in [2.24, 2.45) is 11.8 Å². The molecule has 1 N–H and O–H groups in total. The summed E-state index contributed by atoms with van der Waals surface area (Å²) in [5.74, 6) is 1.47. The Balaban J connectivity index is 1.44. The molecule has 4 rings (SSSR count). The van der Waals surface area contributed by atoms with Crippen molar-refractivity contribution in [3.8, 4) is 5.75 Å². The molecule has 176 valence electrons. The average molecular weight is 450 g/mol. The molecular formula is C27H35N3O3. The predicted molar refractivity (Wildman–Crippen MR) is 132 cm³/mol. The van der Waals surface area contributed by atoms with Gasteiger partial charge in [0.1, 0.15) is 5.75 Å². The van der Waals surface area contributed by atoms with Crippen LogP contribution in [0.2, 0.25) is 0 Å². The topological polar surface area (TPSA) is 55.7 Å². The van der Waals surface area contributed by atoms with Crippen LogP contribution < -0.4 is 10.1 Å². The Morgan fingerprint density at radius 1 is 1.12 bits per heavy atom. The Kier molecular flexibility index (Phi) is 7.68. The molecule has 1 amide bonds. The summed E-state index contributed by atoms with van der Waals surface area (Å²) in [6.45, 7) is 8.08. The number of nitrogens with one attached hydrogen (secondary N) is 1. The number of benzene rings is 2. The van der Waals surface area contributed by atoms with E-state index in [0.29, 0.717) is 30.7 Å². The lowest BCUT2D eigenvalue weighted by atomic mass is 9.89. The predicted octanol–water partition coefficient (Wildman–Crippen LogP) is 4.58. The Morgan fingerprint density at radius 3 is 2.67 bits per heavy atom. The molecule has 1 aliphatic rings. The fourth-order valence-electron chi connectivity index (χ4n) is 4.68. The summed E-state index contributed by atoms with van der Waals surface area (Å²) in [6, 6.07) is 18.5. The maximum absolute atomic E-state index is 13.2. The molecule has 2 aromatic carbocycles. The maximum Gasteiger partial charge on any atom is 0.415 e. The second-order valence-corrected chi connectivity index (χ2v) is 9.20. The minimum absolute atomic E-state index is 0.0600. The highest BCUT2D eigenvalue weighted by atomic mass is 16.6. The Morgan fingerprint density at radius 2 is 1.91 bits per heavy atom. The molecule has 0 spiro atoms. The molecule has 1 aliphatic heterocycles. The minimum Gasteiger partial charge on any atom is -0.410 e. The lowest BCUT2D eigenvalue weighted by Gasteiger charge is -2.30. The van der Waals surface area contributed by atoms with Crippen LogP contribution >= 0.6 is 0 Å². The van der Waals surface area contributed by atoms with Crippen LogP contribution in [0.5, 0.6) is 5.75 Å². The molecule has 33 heavy (non-hydrogen) atoms. The monoisotopic (exact) mass is 449 g/mol. The van der Waals surface area contributed by atoms with E-state index in [1.807, 2.05) is 29.3 Å². The second kappa shape index (κ2) is 10.9. The fourth-order valence-corrected chi connectivity index (χ4v) is 4.68. The number of nitrogens with zero attached hydrogens (tertiary/aromatic N) is 2. The van der Waals surface area contributed by atoms with Gasteiger partial charge in [0.15, 0.2) is 0 Å². The molecule has 6 heteroatoms. The van der Waals surface area contributed by atoms with Gasteiger partial charge in [0.05, 0.1) is 12.1 Å². The number of carbonyl (C=O) groups excluding carboxylic acids is 1. The Hall–Kier alpha value is -2.83. The summed E-state index contributed by atoms with van der Waals surface area (Å²) in [6.07, 6.45) is 2.77. The smallest absolute Gasteiger partial charge is 0.410 e. The van der Waals surface area contributed by atoms with Crippen molar-refractivity contribution >= 4 is 17.0 Å². The molecule has 1 aromatic heterocycles. The standard InChI is InChI=1S/C27H35N3O3/c1-20(2)30(19-24-18-28-17-23(24)15-21-7-5-4-6-8-21)27(31)33-25-10-9-22-11-12-29(13-14-32-3)26(22)16-25/h4-12,16,20,23-24,28H,13-15,17-19H2,1-3H3/t23-,24+/m0/s1. The number of hydrogen-bond acceptors (Lipinski definition) is 4. The Labute approximate surface area is 196 Å². The first kappa shape index (κ1) is 23.3. The molecule has 3 aromatic rings. The van der Waals surface area contributed by atoms with E-state index >= 15 is 0 Å². The molecule has 1 saturated heterocycles. The van der Waals surface area contributed by atoms with Crippen molar-refractivity contribution in [3.05, 3.63) is 66.4 Å². The number of aromatic nitrogens is 1. The van der Waals surface area contributed by atoms with E-state index in [0.717, 1.165) is 37.0 Å². The van der Waals surface area contributed by atoms with Crippen LogP contribution in [0, 0.1) is 11.8 Å². The van der Waals surface area contributed by atoms with E-state index < -0.39 is 0 Å². The van der Waals surface area contributed by atoms with Crippen LogP contribution in [0.1, 0.15) is 19.4 Å². The van der Waals surface area contributed by atoms with Crippen LogP contribution in [0.4, 0.5) is 4.79 Å². The van der Waals surface area contributed by atoms with Crippen molar-refractivity contribution in [1.82, 2.24) is 14.8 Å². The molecule has 0 aliphatic carbocycles. The van der Waals surface area contributed by atoms with Crippen molar-refractivity contribution in [1.29, 1.82) is 0 Å². The maximum atomic E-state index is 13.2. The first-order chi connectivity index (χ1) is 16.0. The molecule has 0 radical (unpaired) electrons. The zero-order valence-electron chi connectivity index (χ0n) is 19.9. The van der Waals surface area contributed by atoms with Gasteiger partial charge in [-0.25, -0.2) is 4.79 Å². The van der Waals surface area contributed by atoms with Crippen LogP contribution in [0.15, 0.2) is 60.8 Å². The normalized spacial score (nSPS) is 18.2. The molecular weight excluding hydrogens is 414 g/mol. The molecule has 2 atom stereocenters. The first-order valence-electron chi connectivity index (χ1n) is 11.9. The molecule has 2 heterocycles. The van der Waals surface area contributed by atoms with Crippen molar-refractivity contribution in [3.63, 3.8) is 0 Å². The summed E-state index contributed by atoms with van der Waals surface area (Å²) >= 11 is 0. The first-order valence-corrected chi connectivity index (χ1v) is 11.9. The van der Waals surface area contributed by atoms with E-state index in [-0.39, 0.29) is 12.1 Å². The summed E-state index contributed by atoms with van der Waals surface area (Å²) < 4.78 is 13.2. The van der Waals surface area contributed by atoms with Gasteiger partial charge in [-0.2, -0.15) is 0 Å². The lowest BCUT2D eigenvalue weighted by Crippen LogP contribution is -2.43. The number of methoxy groups -OCH3 is 1. The number of carbonyl (C=O) groups is 1. The Bertz CT molecular complexity index is 1050. The summed E-state index contributed by atoms with van der Waals surface area (Å²) in [5.41, 5.74) is 2.39. The molecule has 0 saturated carbocycles. The van der Waals surface area contributed by atoms with Gasteiger partial charge in [-0.3, -0.25) is 0 Å². The third-order valence-electron chi connectivity index (χ3n) is 6.60. The van der Waals surface area contributed by atoms with Gasteiger partial charge >= 0.3 is 6.09 Å². The fraction of sp³-hybridized carbons (Fsp3) is 0.444. The van der Waals surface area contributed by atoms with E-state index in [1.165, 1.54) is 5.56 Å². The quantitative estimate of drug-likeness (QED) is 0.520. The van der Waals surface area contributed by atoms with E-state index in [4.69, 9.17) is 9.47 Å². The van der Waals surface area contributed by atoms with Gasteiger partial charge < -0.3 is 24.3 Å². The zero-order chi connectivity index (χ0) is 23.2. The van der Waals surface area contributed by atoms with Crippen LogP contribution in [0.25, 0.3) is 10.9 Å². The lowest BCUT2D eigenvalue weighted by molar-refractivity contribution is 0.125. The van der Waals surface area contributed by atoms with Crippen molar-refractivity contribution in [2.75, 3.05) is 33.4 Å². The molecule has 6 nitrogen and oxygen atoms in total. The van der Waals surface area contributed by atoms with Crippen LogP contribution in [-0.4, -0.2) is 55.0 Å². The van der Waals surface area contributed by atoms with Gasteiger partial charge in [-0.1, -0.05) is 30.3 Å². The SMILES string of the molecule is COCCn1ccc2ccc(OC(=O)N(C[C@H]3CNC[C@@H]3Cc3ccccc3)C(C)C)cc21. The third kappa shape index (κ3) is 5.75. The molecule has 0 bridgehead atoms. The van der Waals surface area contributed by atoms with Gasteiger partial charge in [0.25, 0.3) is 0 Å². The van der Waals surface area contributed by atoms with Gasteiger partial charge in [0.2, 0.25) is 0 Å². The second-order valence-electron chi connectivity index (χ2n) is 9.20. The minimum atomic E-state index is -0.287. The summed E-state index contributed by atoms with van der Waals surface area (Å²) in [5, 5.41) is 4.64. The number of hydrogen-bond donors (Lipinski definition) is 1. The van der Waals surface area contributed by atoms with Gasteiger partial charge in [0, 0.05) is 38.5 Å². The number of amides is 1. The van der Waals surface area contributed by atoms with Gasteiger partial charge in [-0.05, 0) is 74.3 Å². The third-order valence-corrected chi connectivity index (χ3v) is 6.60. The molecule has 1 fully saturated rings. The summed E-state index contributed by atoms with van der Waals surface area (Å²) in [7, 11) is 1.70. The number of ether oxygens (including phenoxy) is 2. The highest BCUT2D eigenvalue weighted by Crippen LogP contribution is 2.26. The number of rotatable bonds is 9. The van der Waals surface area contributed by atoms with Crippen molar-refractivity contribution in [2.45, 2.75) is 32.9 Å². The van der Waals surface area contributed by atoms with E-state index in [9.17, 15) is 4.79 Å². The van der Waals surface area contributed by atoms with Gasteiger partial charge in [-0.15, -0.1) is 0 Å². The van der Waals surface area contributed by atoms with Crippen molar-refractivity contribution < 1.29 is 14.3 Å². The number of fused-ring (bicyclic) bond motifs is 1. The average Bonchev–Trinajstić information content (AvgIpc) is 3.42. The van der Waals surface area contributed by atoms with Crippen LogP contribution in [-0.2, 0) is 17.7 Å². The largest absolute Gasteiger partial charge is 0.415 e. The molecule has 0 unspecified atom stereocenters. The highest BCUT2D eigenvalue weighted by molar-refractivity contribution is 5.82. The van der Waals surface area contributed by atoms with E-state index in [1.54, 1.807) is 7.11 Å².